The van der Waals surface area contributed by atoms with Crippen LogP contribution in [-0.4, -0.2) is 32.6 Å². The van der Waals surface area contributed by atoms with Gasteiger partial charge in [-0.2, -0.15) is 0 Å². The maximum atomic E-state index is 12.8. The van der Waals surface area contributed by atoms with Crippen LogP contribution in [0.15, 0.2) is 48.5 Å². The number of hydrogen-bond acceptors (Lipinski definition) is 5. The molecule has 0 spiro atoms. The normalized spacial score (nSPS) is 10.5. The third-order valence-corrected chi connectivity index (χ3v) is 3.33. The van der Waals surface area contributed by atoms with E-state index in [4.69, 9.17) is 14.2 Å². The summed E-state index contributed by atoms with van der Waals surface area (Å²) in [6.07, 6.45) is 2.65. The standard InChI is InChI=1S/C19H17FO5/c1-23-17-9-6-14(11-18(17)24-2)16(21)12-25-19(22)10-5-13-3-7-15(20)8-4-13/h3-11H,12H2,1-2H3/b10-5+. The molecule has 130 valence electrons. The van der Waals surface area contributed by atoms with Gasteiger partial charge in [0.2, 0.25) is 0 Å². The fraction of sp³-hybridized carbons (Fsp3) is 0.158. The molecule has 2 rings (SSSR count). The second-order valence-corrected chi connectivity index (χ2v) is 4.99. The Morgan fingerprint density at radius 2 is 1.68 bits per heavy atom. The molecule has 0 aliphatic heterocycles. The van der Waals surface area contributed by atoms with E-state index in [9.17, 15) is 14.0 Å². The number of ketones is 1. The molecule has 0 N–H and O–H groups in total. The number of ether oxygens (including phenoxy) is 3. The van der Waals surface area contributed by atoms with Crippen molar-refractivity contribution in [3.8, 4) is 11.5 Å². The molecule has 0 saturated carbocycles. The van der Waals surface area contributed by atoms with Crippen LogP contribution < -0.4 is 9.47 Å². The summed E-state index contributed by atoms with van der Waals surface area (Å²) in [4.78, 5) is 23.8. The van der Waals surface area contributed by atoms with Crippen LogP contribution in [0, 0.1) is 5.82 Å². The minimum atomic E-state index is -0.668. The molecule has 0 aromatic heterocycles. The Hall–Kier alpha value is -3.15. The van der Waals surface area contributed by atoms with Crippen LogP contribution in [-0.2, 0) is 9.53 Å². The summed E-state index contributed by atoms with van der Waals surface area (Å²) in [6.45, 7) is -0.401. The zero-order chi connectivity index (χ0) is 18.2. The molecular formula is C19H17FO5. The lowest BCUT2D eigenvalue weighted by molar-refractivity contribution is -0.136. The third-order valence-electron chi connectivity index (χ3n) is 3.33. The summed E-state index contributed by atoms with van der Waals surface area (Å²) < 4.78 is 27.9. The maximum absolute atomic E-state index is 12.8. The number of rotatable bonds is 7. The SMILES string of the molecule is COc1ccc(C(=O)COC(=O)/C=C/c2ccc(F)cc2)cc1OC. The molecule has 0 bridgehead atoms. The van der Waals surface area contributed by atoms with E-state index < -0.39 is 12.6 Å². The van der Waals surface area contributed by atoms with E-state index in [2.05, 4.69) is 0 Å². The summed E-state index contributed by atoms with van der Waals surface area (Å²) in [6, 6.07) is 10.3. The summed E-state index contributed by atoms with van der Waals surface area (Å²) in [7, 11) is 2.96. The zero-order valence-corrected chi connectivity index (χ0v) is 13.8. The van der Waals surface area contributed by atoms with Gasteiger partial charge in [0.25, 0.3) is 0 Å². The van der Waals surface area contributed by atoms with Crippen molar-refractivity contribution in [2.45, 2.75) is 0 Å². The number of Topliss-reactive ketones (excluding diaryl/α,β-unsaturated/α-hetero) is 1. The van der Waals surface area contributed by atoms with Gasteiger partial charge in [0, 0.05) is 11.6 Å². The molecule has 0 unspecified atom stereocenters. The molecule has 0 amide bonds. The summed E-state index contributed by atoms with van der Waals surface area (Å²) >= 11 is 0. The molecule has 0 atom stereocenters. The predicted molar refractivity (Wildman–Crippen MR) is 90.3 cm³/mol. The van der Waals surface area contributed by atoms with Crippen molar-refractivity contribution in [2.75, 3.05) is 20.8 Å². The number of halogens is 1. The lowest BCUT2D eigenvalue weighted by atomic mass is 10.1. The van der Waals surface area contributed by atoms with E-state index in [1.54, 1.807) is 12.1 Å². The van der Waals surface area contributed by atoms with Crippen molar-refractivity contribution < 1.29 is 28.2 Å². The minimum absolute atomic E-state index is 0.341. The monoisotopic (exact) mass is 344 g/mol. The largest absolute Gasteiger partial charge is 0.493 e. The molecule has 0 aliphatic carbocycles. The molecular weight excluding hydrogens is 327 g/mol. The highest BCUT2D eigenvalue weighted by molar-refractivity contribution is 5.99. The van der Waals surface area contributed by atoms with Crippen molar-refractivity contribution in [3.63, 3.8) is 0 Å². The fourth-order valence-electron chi connectivity index (χ4n) is 2.02. The van der Waals surface area contributed by atoms with Crippen molar-refractivity contribution in [3.05, 3.63) is 65.5 Å². The maximum Gasteiger partial charge on any atom is 0.331 e. The van der Waals surface area contributed by atoms with Crippen LogP contribution >= 0.6 is 0 Å². The number of carbonyl (C=O) groups is 2. The first-order valence-corrected chi connectivity index (χ1v) is 7.39. The second kappa shape index (κ2) is 8.63. The average molecular weight is 344 g/mol. The Balaban J connectivity index is 1.92. The van der Waals surface area contributed by atoms with Gasteiger partial charge in [-0.25, -0.2) is 9.18 Å². The van der Waals surface area contributed by atoms with Gasteiger partial charge < -0.3 is 14.2 Å². The molecule has 0 aliphatic rings. The number of carbonyl (C=O) groups excluding carboxylic acids is 2. The summed E-state index contributed by atoms with van der Waals surface area (Å²) in [5, 5.41) is 0. The molecule has 6 heteroatoms. The van der Waals surface area contributed by atoms with Gasteiger partial charge in [0.1, 0.15) is 5.82 Å². The average Bonchev–Trinajstić information content (AvgIpc) is 2.64. The highest BCUT2D eigenvalue weighted by Gasteiger charge is 2.12. The smallest absolute Gasteiger partial charge is 0.331 e. The Kier molecular flexibility index (Phi) is 6.28. The lowest BCUT2D eigenvalue weighted by Gasteiger charge is -2.09. The first-order chi connectivity index (χ1) is 12.0. The van der Waals surface area contributed by atoms with Gasteiger partial charge in [0.15, 0.2) is 23.9 Å². The van der Waals surface area contributed by atoms with Crippen LogP contribution in [0.4, 0.5) is 4.39 Å². The van der Waals surface area contributed by atoms with Crippen LogP contribution in [0.3, 0.4) is 0 Å². The second-order valence-electron chi connectivity index (χ2n) is 4.99. The van der Waals surface area contributed by atoms with Crippen molar-refractivity contribution in [1.29, 1.82) is 0 Å². The molecule has 5 nitrogen and oxygen atoms in total. The highest BCUT2D eigenvalue weighted by Crippen LogP contribution is 2.27. The molecule has 0 fully saturated rings. The van der Waals surface area contributed by atoms with Gasteiger partial charge in [-0.05, 0) is 42.0 Å². The Morgan fingerprint density at radius 3 is 2.32 bits per heavy atom. The van der Waals surface area contributed by atoms with E-state index >= 15 is 0 Å². The van der Waals surface area contributed by atoms with Crippen LogP contribution in [0.2, 0.25) is 0 Å². The van der Waals surface area contributed by atoms with Gasteiger partial charge in [-0.1, -0.05) is 12.1 Å². The first-order valence-electron chi connectivity index (χ1n) is 7.39. The quantitative estimate of drug-likeness (QED) is 0.438. The molecule has 25 heavy (non-hydrogen) atoms. The number of esters is 1. The zero-order valence-electron chi connectivity index (χ0n) is 13.8. The van der Waals surface area contributed by atoms with Gasteiger partial charge in [-0.15, -0.1) is 0 Å². The van der Waals surface area contributed by atoms with E-state index in [0.717, 1.165) is 0 Å². The van der Waals surface area contributed by atoms with Crippen LogP contribution in [0.1, 0.15) is 15.9 Å². The van der Waals surface area contributed by atoms with E-state index in [1.165, 1.54) is 56.7 Å². The van der Waals surface area contributed by atoms with Crippen LogP contribution in [0.5, 0.6) is 11.5 Å². The fourth-order valence-corrected chi connectivity index (χ4v) is 2.02. The molecule has 0 radical (unpaired) electrons. The Morgan fingerprint density at radius 1 is 1.00 bits per heavy atom. The van der Waals surface area contributed by atoms with E-state index in [1.807, 2.05) is 0 Å². The van der Waals surface area contributed by atoms with Crippen LogP contribution in [0.25, 0.3) is 6.08 Å². The van der Waals surface area contributed by atoms with E-state index in [-0.39, 0.29) is 11.6 Å². The minimum Gasteiger partial charge on any atom is -0.493 e. The molecule has 2 aromatic rings. The molecule has 0 heterocycles. The third kappa shape index (κ3) is 5.17. The van der Waals surface area contributed by atoms with Crippen molar-refractivity contribution in [1.82, 2.24) is 0 Å². The van der Waals surface area contributed by atoms with Gasteiger partial charge >= 0.3 is 5.97 Å². The summed E-state index contributed by atoms with van der Waals surface area (Å²) in [5.41, 5.74) is 0.984. The Labute approximate surface area is 144 Å². The number of methoxy groups -OCH3 is 2. The van der Waals surface area contributed by atoms with E-state index in [0.29, 0.717) is 22.6 Å². The van der Waals surface area contributed by atoms with Gasteiger partial charge in [0.05, 0.1) is 14.2 Å². The van der Waals surface area contributed by atoms with Crippen molar-refractivity contribution in [2.24, 2.45) is 0 Å². The Bertz CT molecular complexity index is 781. The number of benzene rings is 2. The van der Waals surface area contributed by atoms with Gasteiger partial charge in [-0.3, -0.25) is 4.79 Å². The first kappa shape index (κ1) is 18.2. The molecule has 0 saturated heterocycles. The van der Waals surface area contributed by atoms with Crippen molar-refractivity contribution >= 4 is 17.8 Å². The topological polar surface area (TPSA) is 61.8 Å². The lowest BCUT2D eigenvalue weighted by Crippen LogP contribution is -2.12. The molecule has 2 aromatic carbocycles. The predicted octanol–water partition coefficient (Wildman–Crippen LogP) is 3.28. The highest BCUT2D eigenvalue weighted by atomic mass is 19.1. The number of hydrogen-bond donors (Lipinski definition) is 0. The summed E-state index contributed by atoms with van der Waals surface area (Å²) in [5.74, 6) is -0.489.